The van der Waals surface area contributed by atoms with E-state index in [9.17, 15) is 14.4 Å². The zero-order chi connectivity index (χ0) is 20.8. The van der Waals surface area contributed by atoms with E-state index < -0.39 is 0 Å². The number of benzene rings is 1. The summed E-state index contributed by atoms with van der Waals surface area (Å²) in [6.45, 7) is 4.06. The number of amides is 3. The van der Waals surface area contributed by atoms with Crippen molar-refractivity contribution in [2.75, 3.05) is 33.3 Å². The van der Waals surface area contributed by atoms with E-state index >= 15 is 0 Å². The van der Waals surface area contributed by atoms with E-state index in [-0.39, 0.29) is 17.7 Å². The van der Waals surface area contributed by atoms with E-state index in [2.05, 4.69) is 5.32 Å². The molecule has 0 bridgehead atoms. The molecule has 0 saturated carbocycles. The van der Waals surface area contributed by atoms with Gasteiger partial charge in [0.15, 0.2) is 0 Å². The Morgan fingerprint density at radius 2 is 1.69 bits per heavy atom. The fraction of sp³-hybridized carbons (Fsp3) is 0.381. The van der Waals surface area contributed by atoms with Crippen LogP contribution in [0.15, 0.2) is 36.4 Å². The van der Waals surface area contributed by atoms with Crippen LogP contribution in [0.3, 0.4) is 0 Å². The molecule has 0 unspecified atom stereocenters. The lowest BCUT2D eigenvalue weighted by Gasteiger charge is -2.22. The molecule has 1 aromatic heterocycles. The molecule has 2 heterocycles. The number of nitrogens with zero attached hydrogens (tertiary/aromatic N) is 2. The van der Waals surface area contributed by atoms with Gasteiger partial charge < -0.3 is 19.9 Å². The van der Waals surface area contributed by atoms with E-state index in [1.54, 1.807) is 35.1 Å². The molecular formula is C21H25N3O4S. The molecule has 7 nitrogen and oxygen atoms in total. The zero-order valence-electron chi connectivity index (χ0n) is 16.6. The summed E-state index contributed by atoms with van der Waals surface area (Å²) in [5, 5.41) is 2.74. The van der Waals surface area contributed by atoms with E-state index in [0.29, 0.717) is 48.9 Å². The van der Waals surface area contributed by atoms with Crippen molar-refractivity contribution in [1.29, 1.82) is 0 Å². The summed E-state index contributed by atoms with van der Waals surface area (Å²) in [6, 6.07) is 10.8. The molecule has 0 aliphatic carbocycles. The summed E-state index contributed by atoms with van der Waals surface area (Å²) in [6.07, 6.45) is 0.719. The highest BCUT2D eigenvalue weighted by molar-refractivity contribution is 7.14. The summed E-state index contributed by atoms with van der Waals surface area (Å²) >= 11 is 1.39. The van der Waals surface area contributed by atoms with Gasteiger partial charge in [-0.05, 0) is 30.7 Å². The van der Waals surface area contributed by atoms with Crippen molar-refractivity contribution in [3.05, 3.63) is 51.7 Å². The third-order valence-electron chi connectivity index (χ3n) is 4.79. The summed E-state index contributed by atoms with van der Waals surface area (Å²) in [4.78, 5) is 42.0. The van der Waals surface area contributed by atoms with Crippen LogP contribution in [0.25, 0.3) is 0 Å². The molecule has 8 heteroatoms. The Balaban J connectivity index is 1.63. The Bertz CT molecular complexity index is 896. The molecule has 0 radical (unpaired) electrons. The van der Waals surface area contributed by atoms with Crippen LogP contribution in [0.2, 0.25) is 0 Å². The van der Waals surface area contributed by atoms with Gasteiger partial charge in [-0.25, -0.2) is 0 Å². The third kappa shape index (κ3) is 5.14. The normalized spacial score (nSPS) is 14.3. The SMILES string of the molecule is COc1ccccc1C(=O)N1CCCN(C(=O)c2ccc(CNC(C)=O)s2)CC1. The quantitative estimate of drug-likeness (QED) is 0.813. The second-order valence-corrected chi connectivity index (χ2v) is 7.98. The van der Waals surface area contributed by atoms with Crippen LogP contribution in [-0.4, -0.2) is 60.8 Å². The van der Waals surface area contributed by atoms with Crippen LogP contribution in [0.1, 0.15) is 38.3 Å². The lowest BCUT2D eigenvalue weighted by molar-refractivity contribution is -0.119. The highest BCUT2D eigenvalue weighted by Crippen LogP contribution is 2.22. The summed E-state index contributed by atoms with van der Waals surface area (Å²) in [7, 11) is 1.55. The van der Waals surface area contributed by atoms with Crippen LogP contribution in [0.4, 0.5) is 0 Å². The monoisotopic (exact) mass is 415 g/mol. The maximum atomic E-state index is 12.9. The number of methoxy groups -OCH3 is 1. The van der Waals surface area contributed by atoms with Crippen molar-refractivity contribution in [3.8, 4) is 5.75 Å². The lowest BCUT2D eigenvalue weighted by atomic mass is 10.1. The largest absolute Gasteiger partial charge is 0.496 e. The number of thiophene rings is 1. The first-order chi connectivity index (χ1) is 14.0. The minimum absolute atomic E-state index is 0.0318. The highest BCUT2D eigenvalue weighted by atomic mass is 32.1. The molecule has 1 fully saturated rings. The Morgan fingerprint density at radius 3 is 2.38 bits per heavy atom. The van der Waals surface area contributed by atoms with Crippen LogP contribution in [0.5, 0.6) is 5.75 Å². The summed E-state index contributed by atoms with van der Waals surface area (Å²) < 4.78 is 5.31. The van der Waals surface area contributed by atoms with E-state index in [1.165, 1.54) is 18.3 Å². The summed E-state index contributed by atoms with van der Waals surface area (Å²) in [5.74, 6) is 0.347. The number of hydrogen-bond donors (Lipinski definition) is 1. The maximum Gasteiger partial charge on any atom is 0.263 e. The molecule has 1 saturated heterocycles. The molecule has 0 atom stereocenters. The first-order valence-corrected chi connectivity index (χ1v) is 10.4. The predicted molar refractivity (Wildman–Crippen MR) is 111 cm³/mol. The fourth-order valence-corrected chi connectivity index (χ4v) is 4.19. The molecule has 1 aliphatic heterocycles. The van der Waals surface area contributed by atoms with Gasteiger partial charge in [-0.15, -0.1) is 11.3 Å². The average Bonchev–Trinajstić information content (AvgIpc) is 3.07. The molecular weight excluding hydrogens is 390 g/mol. The Hall–Kier alpha value is -2.87. The van der Waals surface area contributed by atoms with Gasteiger partial charge in [-0.2, -0.15) is 0 Å². The van der Waals surface area contributed by atoms with Crippen molar-refractivity contribution in [1.82, 2.24) is 15.1 Å². The Kier molecular flexibility index (Phi) is 6.87. The van der Waals surface area contributed by atoms with Crippen molar-refractivity contribution in [2.45, 2.75) is 19.9 Å². The number of ether oxygens (including phenoxy) is 1. The molecule has 3 rings (SSSR count). The average molecular weight is 416 g/mol. The first-order valence-electron chi connectivity index (χ1n) is 9.54. The van der Waals surface area contributed by atoms with Crippen LogP contribution < -0.4 is 10.1 Å². The topological polar surface area (TPSA) is 79.0 Å². The van der Waals surface area contributed by atoms with Gasteiger partial charge in [0, 0.05) is 38.0 Å². The Morgan fingerprint density at radius 1 is 1.00 bits per heavy atom. The number of rotatable bonds is 5. The maximum absolute atomic E-state index is 12.9. The molecule has 0 spiro atoms. The van der Waals surface area contributed by atoms with E-state index in [1.807, 2.05) is 18.2 Å². The predicted octanol–water partition coefficient (Wildman–Crippen LogP) is 2.38. The van der Waals surface area contributed by atoms with Crippen molar-refractivity contribution < 1.29 is 19.1 Å². The van der Waals surface area contributed by atoms with Crippen molar-refractivity contribution >= 4 is 29.1 Å². The smallest absolute Gasteiger partial charge is 0.263 e. The fourth-order valence-electron chi connectivity index (χ4n) is 3.27. The molecule has 154 valence electrons. The zero-order valence-corrected chi connectivity index (χ0v) is 17.5. The number of para-hydroxylation sites is 1. The van der Waals surface area contributed by atoms with Gasteiger partial charge in [-0.1, -0.05) is 12.1 Å². The minimum Gasteiger partial charge on any atom is -0.496 e. The highest BCUT2D eigenvalue weighted by Gasteiger charge is 2.25. The number of nitrogens with one attached hydrogen (secondary N) is 1. The standard InChI is InChI=1S/C21H25N3O4S/c1-15(25)22-14-16-8-9-19(29-16)21(27)24-11-5-10-23(12-13-24)20(26)17-6-3-4-7-18(17)28-2/h3-4,6-9H,5,10-14H2,1-2H3,(H,22,25). The molecule has 29 heavy (non-hydrogen) atoms. The lowest BCUT2D eigenvalue weighted by Crippen LogP contribution is -2.37. The molecule has 3 amide bonds. The number of carbonyl (C=O) groups is 3. The third-order valence-corrected chi connectivity index (χ3v) is 5.86. The van der Waals surface area contributed by atoms with Crippen LogP contribution in [-0.2, 0) is 11.3 Å². The number of hydrogen-bond acceptors (Lipinski definition) is 5. The first kappa shape index (κ1) is 20.9. The van der Waals surface area contributed by atoms with Gasteiger partial charge in [0.1, 0.15) is 5.75 Å². The second-order valence-electron chi connectivity index (χ2n) is 6.81. The molecule has 1 aliphatic rings. The number of carbonyl (C=O) groups excluding carboxylic acids is 3. The van der Waals surface area contributed by atoms with Gasteiger partial charge in [0.25, 0.3) is 11.8 Å². The second kappa shape index (κ2) is 9.56. The van der Waals surface area contributed by atoms with Gasteiger partial charge in [0.05, 0.1) is 24.1 Å². The van der Waals surface area contributed by atoms with Crippen LogP contribution >= 0.6 is 11.3 Å². The van der Waals surface area contributed by atoms with Gasteiger partial charge in [-0.3, -0.25) is 14.4 Å². The molecule has 2 aromatic rings. The van der Waals surface area contributed by atoms with E-state index in [0.717, 1.165) is 11.3 Å². The van der Waals surface area contributed by atoms with E-state index in [4.69, 9.17) is 4.74 Å². The van der Waals surface area contributed by atoms with Crippen LogP contribution in [0, 0.1) is 0 Å². The summed E-state index contributed by atoms with van der Waals surface area (Å²) in [5.41, 5.74) is 0.538. The van der Waals surface area contributed by atoms with Crippen molar-refractivity contribution in [2.24, 2.45) is 0 Å². The molecule has 1 aromatic carbocycles. The minimum atomic E-state index is -0.0985. The van der Waals surface area contributed by atoms with Gasteiger partial charge >= 0.3 is 0 Å². The Labute approximate surface area is 174 Å². The van der Waals surface area contributed by atoms with Crippen molar-refractivity contribution in [3.63, 3.8) is 0 Å². The molecule has 1 N–H and O–H groups in total. The van der Waals surface area contributed by atoms with Gasteiger partial charge in [0.2, 0.25) is 5.91 Å².